The summed E-state index contributed by atoms with van der Waals surface area (Å²) in [6.45, 7) is 1.23. The number of likely N-dealkylation sites (tertiary alicyclic amines) is 1. The highest BCUT2D eigenvalue weighted by atomic mass is 16.6. The van der Waals surface area contributed by atoms with Gasteiger partial charge in [-0.15, -0.1) is 5.10 Å². The number of hydrogen-bond donors (Lipinski definition) is 1. The molecule has 5 heterocycles. The van der Waals surface area contributed by atoms with Crippen molar-refractivity contribution in [3.63, 3.8) is 0 Å². The fourth-order valence-electron chi connectivity index (χ4n) is 6.60. The second-order valence-corrected chi connectivity index (χ2v) is 10.9. The maximum absolute atomic E-state index is 14.4. The summed E-state index contributed by atoms with van der Waals surface area (Å²) in [4.78, 5) is 45.1. The Morgan fingerprint density at radius 3 is 2.77 bits per heavy atom. The predicted molar refractivity (Wildman–Crippen MR) is 143 cm³/mol. The number of cyclic esters (lactones) is 1. The molecule has 5 atom stereocenters. The van der Waals surface area contributed by atoms with Gasteiger partial charge in [0.25, 0.3) is 5.91 Å². The van der Waals surface area contributed by atoms with Crippen LogP contribution < -0.4 is 0 Å². The molecule has 6 rings (SSSR count). The molecule has 4 aliphatic rings. The van der Waals surface area contributed by atoms with E-state index in [1.54, 1.807) is 14.5 Å². The average molecular weight is 550 g/mol. The first-order valence-electron chi connectivity index (χ1n) is 14.2. The van der Waals surface area contributed by atoms with Gasteiger partial charge in [-0.2, -0.15) is 0 Å². The first kappa shape index (κ1) is 26.6. The minimum atomic E-state index is -1.28. The highest BCUT2D eigenvalue weighted by Gasteiger charge is 2.71. The van der Waals surface area contributed by atoms with Gasteiger partial charge >= 0.3 is 5.97 Å². The molecule has 1 spiro atoms. The van der Waals surface area contributed by atoms with Crippen LogP contribution in [0.1, 0.15) is 38.5 Å². The zero-order valence-corrected chi connectivity index (χ0v) is 22.4. The molecule has 1 aromatic carbocycles. The van der Waals surface area contributed by atoms with Crippen molar-refractivity contribution in [1.29, 1.82) is 0 Å². The summed E-state index contributed by atoms with van der Waals surface area (Å²) in [6.07, 6.45) is 11.3. The van der Waals surface area contributed by atoms with Crippen LogP contribution >= 0.6 is 0 Å². The normalized spacial score (nSPS) is 30.8. The van der Waals surface area contributed by atoms with Gasteiger partial charge in [0, 0.05) is 19.7 Å². The van der Waals surface area contributed by atoms with Crippen LogP contribution in [0.25, 0.3) is 11.0 Å². The number of aromatic nitrogens is 3. The van der Waals surface area contributed by atoms with E-state index < -0.39 is 35.6 Å². The molecule has 1 N–H and O–H groups in total. The topological polar surface area (TPSA) is 127 Å². The smallest absolute Gasteiger partial charge is 0.312 e. The number of ether oxygens (including phenoxy) is 2. The molecule has 2 saturated heterocycles. The molecule has 0 radical (unpaired) electrons. The molecule has 11 nitrogen and oxygen atoms in total. The number of rotatable bonds is 8. The number of amides is 2. The zero-order valence-electron chi connectivity index (χ0n) is 22.4. The van der Waals surface area contributed by atoms with E-state index in [1.807, 2.05) is 48.6 Å². The molecule has 40 heavy (non-hydrogen) atoms. The molecule has 2 unspecified atom stereocenters. The average Bonchev–Trinajstić information content (AvgIpc) is 3.56. The largest absolute Gasteiger partial charge is 0.465 e. The Bertz CT molecular complexity index is 1340. The third kappa shape index (κ3) is 4.50. The minimum absolute atomic E-state index is 0.123. The Morgan fingerprint density at radius 2 is 1.90 bits per heavy atom. The first-order valence-corrected chi connectivity index (χ1v) is 14.2. The van der Waals surface area contributed by atoms with Gasteiger partial charge in [0.15, 0.2) is 0 Å². The Kier molecular flexibility index (Phi) is 7.41. The summed E-state index contributed by atoms with van der Waals surface area (Å²) in [5.41, 5.74) is 0.254. The Hall–Kier alpha value is -3.57. The van der Waals surface area contributed by atoms with Crippen LogP contribution in [-0.2, 0) is 30.5 Å². The lowest BCUT2D eigenvalue weighted by Gasteiger charge is -2.35. The third-order valence-corrected chi connectivity index (χ3v) is 8.47. The van der Waals surface area contributed by atoms with Crippen molar-refractivity contribution in [2.24, 2.45) is 11.8 Å². The number of benzene rings is 1. The Labute approximate surface area is 232 Å². The number of unbranched alkanes of at least 4 members (excludes halogenated alkanes) is 3. The van der Waals surface area contributed by atoms with Crippen molar-refractivity contribution >= 4 is 28.8 Å². The van der Waals surface area contributed by atoms with Crippen molar-refractivity contribution in [3.8, 4) is 0 Å². The van der Waals surface area contributed by atoms with Gasteiger partial charge in [0.05, 0.1) is 24.1 Å². The number of nitrogens with zero attached hydrogens (tertiary/aromatic N) is 5. The van der Waals surface area contributed by atoms with E-state index in [-0.39, 0.29) is 31.7 Å². The number of fused-ring (bicyclic) bond motifs is 3. The number of aliphatic hydroxyl groups is 1. The summed E-state index contributed by atoms with van der Waals surface area (Å²) in [5.74, 6) is -2.64. The molecule has 0 bridgehead atoms. The molecule has 1 aromatic heterocycles. The molecule has 0 saturated carbocycles. The summed E-state index contributed by atoms with van der Waals surface area (Å²) in [5, 5.41) is 17.6. The second-order valence-electron chi connectivity index (χ2n) is 10.9. The van der Waals surface area contributed by atoms with E-state index in [9.17, 15) is 14.4 Å². The number of esters is 1. The van der Waals surface area contributed by atoms with Crippen molar-refractivity contribution in [2.75, 3.05) is 26.3 Å². The summed E-state index contributed by atoms with van der Waals surface area (Å²) >= 11 is 0. The van der Waals surface area contributed by atoms with Crippen molar-refractivity contribution in [3.05, 3.63) is 48.6 Å². The lowest BCUT2D eigenvalue weighted by Crippen LogP contribution is -2.55. The molecule has 212 valence electrons. The van der Waals surface area contributed by atoms with Crippen molar-refractivity contribution in [2.45, 2.75) is 62.9 Å². The maximum atomic E-state index is 14.4. The molecular formula is C29H35N5O6. The monoisotopic (exact) mass is 549 g/mol. The molecular weight excluding hydrogens is 514 g/mol. The summed E-state index contributed by atoms with van der Waals surface area (Å²) < 4.78 is 13.9. The van der Waals surface area contributed by atoms with E-state index in [4.69, 9.17) is 14.6 Å². The van der Waals surface area contributed by atoms with E-state index in [1.165, 1.54) is 0 Å². The van der Waals surface area contributed by atoms with Crippen LogP contribution in [0.2, 0.25) is 0 Å². The van der Waals surface area contributed by atoms with Gasteiger partial charge in [-0.1, -0.05) is 54.5 Å². The Balaban J connectivity index is 1.35. The standard InChI is InChI=1S/C29H35N5O6/c35-17-8-2-1-7-16-33-25-27(37)32(19-34-21-12-6-5-11-20(21)30-31-34)15-10-14-29(25)24(26(33)36)23-22(40-29)13-4-3-9-18-39-28(23)38/h4-6,10-14,22-25,35H,1-3,7-9,15-19H2/b13-4-/t22-,23?,24+,25-,29?/m1/s1. The number of aliphatic hydroxyl groups excluding tert-OH is 1. The minimum Gasteiger partial charge on any atom is -0.465 e. The molecule has 2 amide bonds. The number of carbonyl (C=O) groups excluding carboxylic acids is 3. The molecule has 2 aromatic rings. The van der Waals surface area contributed by atoms with E-state index >= 15 is 0 Å². The van der Waals surface area contributed by atoms with Gasteiger partial charge in [0.2, 0.25) is 5.91 Å². The van der Waals surface area contributed by atoms with E-state index in [0.717, 1.165) is 30.3 Å². The van der Waals surface area contributed by atoms with Crippen LogP contribution in [0.4, 0.5) is 0 Å². The fourth-order valence-corrected chi connectivity index (χ4v) is 6.60. The van der Waals surface area contributed by atoms with Crippen molar-refractivity contribution < 1.29 is 29.0 Å². The van der Waals surface area contributed by atoms with Crippen LogP contribution in [0.3, 0.4) is 0 Å². The van der Waals surface area contributed by atoms with Gasteiger partial charge in [-0.3, -0.25) is 14.4 Å². The zero-order chi connectivity index (χ0) is 27.7. The van der Waals surface area contributed by atoms with Gasteiger partial charge < -0.3 is 24.4 Å². The number of para-hydroxylation sites is 1. The number of allylic oxidation sites excluding steroid dienone is 1. The molecule has 11 heteroatoms. The van der Waals surface area contributed by atoms with Gasteiger partial charge in [0.1, 0.15) is 29.7 Å². The highest BCUT2D eigenvalue weighted by Crippen LogP contribution is 2.53. The number of hydrogen-bond acceptors (Lipinski definition) is 8. The molecule has 4 aliphatic heterocycles. The fraction of sp³-hybridized carbons (Fsp3) is 0.552. The quantitative estimate of drug-likeness (QED) is 0.300. The molecule has 0 aliphatic carbocycles. The van der Waals surface area contributed by atoms with Crippen LogP contribution in [0, 0.1) is 11.8 Å². The van der Waals surface area contributed by atoms with E-state index in [2.05, 4.69) is 10.3 Å². The number of carbonyl (C=O) groups is 3. The third-order valence-electron chi connectivity index (χ3n) is 8.47. The summed E-state index contributed by atoms with van der Waals surface area (Å²) in [6, 6.07) is 6.63. The predicted octanol–water partition coefficient (Wildman–Crippen LogP) is 1.81. The molecule has 2 fully saturated rings. The van der Waals surface area contributed by atoms with Crippen LogP contribution in [-0.4, -0.2) is 91.7 Å². The Morgan fingerprint density at radius 1 is 1.05 bits per heavy atom. The lowest BCUT2D eigenvalue weighted by atomic mass is 9.78. The van der Waals surface area contributed by atoms with Crippen LogP contribution in [0.5, 0.6) is 0 Å². The SMILES string of the molecule is O=C1OCCC/C=C\[C@H]2OC34C=CCN(Cn5nnc6ccccc65)C(=O)[C@H]3N(CCCCCCO)C(=O)[C@@H]4C12. The van der Waals surface area contributed by atoms with Crippen LogP contribution in [0.15, 0.2) is 48.6 Å². The van der Waals surface area contributed by atoms with Gasteiger partial charge in [-0.05, 0) is 37.8 Å². The second kappa shape index (κ2) is 11.1. The lowest BCUT2D eigenvalue weighted by molar-refractivity contribution is -0.155. The van der Waals surface area contributed by atoms with Gasteiger partial charge in [-0.25, -0.2) is 4.68 Å². The first-order chi connectivity index (χ1) is 19.5. The van der Waals surface area contributed by atoms with Crippen molar-refractivity contribution in [1.82, 2.24) is 24.8 Å². The highest BCUT2D eigenvalue weighted by molar-refractivity contribution is 5.99. The summed E-state index contributed by atoms with van der Waals surface area (Å²) in [7, 11) is 0. The maximum Gasteiger partial charge on any atom is 0.312 e. The van der Waals surface area contributed by atoms with E-state index in [0.29, 0.717) is 32.4 Å².